The van der Waals surface area contributed by atoms with Gasteiger partial charge in [0.25, 0.3) is 0 Å². The Hall–Kier alpha value is -0.900. The van der Waals surface area contributed by atoms with E-state index in [1.807, 2.05) is 0 Å². The van der Waals surface area contributed by atoms with Gasteiger partial charge in [0.15, 0.2) is 5.82 Å². The van der Waals surface area contributed by atoms with Crippen LogP contribution < -0.4 is 5.73 Å². The zero-order valence-corrected chi connectivity index (χ0v) is 11.8. The first-order valence-corrected chi connectivity index (χ1v) is 7.07. The Morgan fingerprint density at radius 1 is 1.17 bits per heavy atom. The second-order valence-corrected chi connectivity index (χ2v) is 6.52. The topological polar surface area (TPSA) is 64.9 Å². The minimum absolute atomic E-state index is 0.0484. The van der Waals surface area contributed by atoms with Crippen molar-refractivity contribution in [3.8, 4) is 0 Å². The van der Waals surface area contributed by atoms with Gasteiger partial charge in [-0.3, -0.25) is 0 Å². The van der Waals surface area contributed by atoms with Crippen LogP contribution in [0.1, 0.15) is 83.0 Å². The smallest absolute Gasteiger partial charge is 0.244 e. The van der Waals surface area contributed by atoms with Crippen LogP contribution in [-0.4, -0.2) is 10.1 Å². The van der Waals surface area contributed by atoms with E-state index in [1.165, 1.54) is 38.5 Å². The average Bonchev–Trinajstić information content (AvgIpc) is 2.62. The number of nitrogens with two attached hydrogens (primary N) is 1. The van der Waals surface area contributed by atoms with E-state index < -0.39 is 0 Å². The summed E-state index contributed by atoms with van der Waals surface area (Å²) in [6.07, 6.45) is 7.60. The van der Waals surface area contributed by atoms with Gasteiger partial charge in [-0.15, -0.1) is 0 Å². The first-order chi connectivity index (χ1) is 8.48. The number of hydrogen-bond donors (Lipinski definition) is 1. The molecule has 4 heteroatoms. The molecule has 1 aliphatic carbocycles. The summed E-state index contributed by atoms with van der Waals surface area (Å²) in [7, 11) is 0. The van der Waals surface area contributed by atoms with Crippen LogP contribution in [0.4, 0.5) is 0 Å². The van der Waals surface area contributed by atoms with Gasteiger partial charge in [0.1, 0.15) is 0 Å². The normalized spacial score (nSPS) is 20.7. The lowest BCUT2D eigenvalue weighted by atomic mass is 9.87. The van der Waals surface area contributed by atoms with Crippen LogP contribution in [0.2, 0.25) is 0 Å². The van der Waals surface area contributed by atoms with Gasteiger partial charge in [-0.25, -0.2) is 0 Å². The Balaban J connectivity index is 2.09. The van der Waals surface area contributed by atoms with E-state index in [9.17, 15) is 0 Å². The molecule has 4 nitrogen and oxygen atoms in total. The third-order valence-corrected chi connectivity index (χ3v) is 3.88. The van der Waals surface area contributed by atoms with Crippen LogP contribution in [0.25, 0.3) is 0 Å². The first-order valence-electron chi connectivity index (χ1n) is 7.07. The summed E-state index contributed by atoms with van der Waals surface area (Å²) in [5, 5.41) is 4.15. The highest BCUT2D eigenvalue weighted by molar-refractivity contribution is 5.01. The lowest BCUT2D eigenvalue weighted by molar-refractivity contribution is 0.252. The standard InChI is InChI=1S/C14H25N3O/c1-14(2,3)11(15)13-16-12(17-18-13)10-8-6-4-5-7-9-10/h10-11H,4-9,15H2,1-3H3/t11-/m1/s1. The largest absolute Gasteiger partial charge is 0.338 e. The molecule has 0 unspecified atom stereocenters. The number of aromatic nitrogens is 2. The Morgan fingerprint density at radius 2 is 1.78 bits per heavy atom. The molecule has 1 heterocycles. The third kappa shape index (κ3) is 3.10. The molecule has 1 atom stereocenters. The Morgan fingerprint density at radius 3 is 2.33 bits per heavy atom. The van der Waals surface area contributed by atoms with E-state index >= 15 is 0 Å². The number of rotatable bonds is 2. The minimum Gasteiger partial charge on any atom is -0.338 e. The van der Waals surface area contributed by atoms with Crippen molar-refractivity contribution in [3.05, 3.63) is 11.7 Å². The predicted octanol–water partition coefficient (Wildman–Crippen LogP) is 3.55. The molecule has 102 valence electrons. The van der Waals surface area contributed by atoms with E-state index in [0.29, 0.717) is 11.8 Å². The van der Waals surface area contributed by atoms with Crippen molar-refractivity contribution < 1.29 is 4.52 Å². The highest BCUT2D eigenvalue weighted by atomic mass is 16.5. The molecule has 1 aliphatic rings. The number of nitrogens with zero attached hydrogens (tertiary/aromatic N) is 2. The molecule has 18 heavy (non-hydrogen) atoms. The van der Waals surface area contributed by atoms with Crippen LogP contribution in [0.5, 0.6) is 0 Å². The second kappa shape index (κ2) is 5.39. The highest BCUT2D eigenvalue weighted by Crippen LogP contribution is 2.33. The van der Waals surface area contributed by atoms with Crippen molar-refractivity contribution in [2.45, 2.75) is 71.3 Å². The van der Waals surface area contributed by atoms with Crippen LogP contribution in [0.3, 0.4) is 0 Å². The maximum atomic E-state index is 6.15. The average molecular weight is 251 g/mol. The van der Waals surface area contributed by atoms with Gasteiger partial charge in [-0.05, 0) is 18.3 Å². The monoisotopic (exact) mass is 251 g/mol. The van der Waals surface area contributed by atoms with Gasteiger partial charge in [0, 0.05) is 5.92 Å². The molecule has 0 bridgehead atoms. The van der Waals surface area contributed by atoms with E-state index in [1.54, 1.807) is 0 Å². The van der Waals surface area contributed by atoms with Gasteiger partial charge < -0.3 is 10.3 Å². The fourth-order valence-electron chi connectivity index (χ4n) is 2.45. The predicted molar refractivity (Wildman–Crippen MR) is 71.1 cm³/mol. The van der Waals surface area contributed by atoms with Crippen molar-refractivity contribution in [2.24, 2.45) is 11.1 Å². The van der Waals surface area contributed by atoms with E-state index in [4.69, 9.17) is 10.3 Å². The molecule has 0 radical (unpaired) electrons. The zero-order chi connectivity index (χ0) is 13.2. The van der Waals surface area contributed by atoms with E-state index in [-0.39, 0.29) is 11.5 Å². The SMILES string of the molecule is CC(C)(C)[C@H](N)c1nc(C2CCCCCC2)no1. The molecule has 0 saturated heterocycles. The van der Waals surface area contributed by atoms with E-state index in [2.05, 4.69) is 30.9 Å². The fourth-order valence-corrected chi connectivity index (χ4v) is 2.45. The summed E-state index contributed by atoms with van der Waals surface area (Å²) in [6, 6.07) is -0.190. The molecular formula is C14H25N3O. The molecule has 1 aromatic heterocycles. The summed E-state index contributed by atoms with van der Waals surface area (Å²) in [6.45, 7) is 6.27. The Kier molecular flexibility index (Phi) is 4.05. The van der Waals surface area contributed by atoms with Gasteiger partial charge in [-0.2, -0.15) is 4.98 Å². The summed E-state index contributed by atoms with van der Waals surface area (Å²) in [5.74, 6) is 1.92. The lowest BCUT2D eigenvalue weighted by Crippen LogP contribution is -2.26. The van der Waals surface area contributed by atoms with Crippen LogP contribution >= 0.6 is 0 Å². The molecule has 1 saturated carbocycles. The maximum Gasteiger partial charge on any atom is 0.244 e. The summed E-state index contributed by atoms with van der Waals surface area (Å²) in [4.78, 5) is 4.54. The quantitative estimate of drug-likeness (QED) is 0.816. The summed E-state index contributed by atoms with van der Waals surface area (Å²) < 4.78 is 5.36. The molecule has 0 amide bonds. The Labute approximate surface area is 109 Å². The second-order valence-electron chi connectivity index (χ2n) is 6.52. The van der Waals surface area contributed by atoms with Crippen molar-refractivity contribution in [2.75, 3.05) is 0 Å². The molecule has 1 aromatic rings. The van der Waals surface area contributed by atoms with Gasteiger partial charge in [-0.1, -0.05) is 51.6 Å². The maximum absolute atomic E-state index is 6.15. The summed E-state index contributed by atoms with van der Waals surface area (Å²) >= 11 is 0. The molecule has 2 rings (SSSR count). The van der Waals surface area contributed by atoms with E-state index in [0.717, 1.165) is 5.82 Å². The first kappa shape index (κ1) is 13.5. The fraction of sp³-hybridized carbons (Fsp3) is 0.857. The van der Waals surface area contributed by atoms with Gasteiger partial charge in [0.2, 0.25) is 5.89 Å². The van der Waals surface area contributed by atoms with Gasteiger partial charge >= 0.3 is 0 Å². The van der Waals surface area contributed by atoms with Crippen LogP contribution in [-0.2, 0) is 0 Å². The summed E-state index contributed by atoms with van der Waals surface area (Å²) in [5.41, 5.74) is 6.10. The molecule has 0 aromatic carbocycles. The molecule has 0 aliphatic heterocycles. The number of hydrogen-bond acceptors (Lipinski definition) is 4. The van der Waals surface area contributed by atoms with Crippen molar-refractivity contribution >= 4 is 0 Å². The van der Waals surface area contributed by atoms with Crippen molar-refractivity contribution in [3.63, 3.8) is 0 Å². The zero-order valence-electron chi connectivity index (χ0n) is 11.8. The third-order valence-electron chi connectivity index (χ3n) is 3.88. The van der Waals surface area contributed by atoms with Crippen LogP contribution in [0.15, 0.2) is 4.52 Å². The molecule has 2 N–H and O–H groups in total. The van der Waals surface area contributed by atoms with Crippen LogP contribution in [0, 0.1) is 5.41 Å². The van der Waals surface area contributed by atoms with Crippen molar-refractivity contribution in [1.82, 2.24) is 10.1 Å². The lowest BCUT2D eigenvalue weighted by Gasteiger charge is -2.23. The molecular weight excluding hydrogens is 226 g/mol. The molecule has 0 spiro atoms. The minimum atomic E-state index is -0.190. The van der Waals surface area contributed by atoms with Crippen molar-refractivity contribution in [1.29, 1.82) is 0 Å². The van der Waals surface area contributed by atoms with Gasteiger partial charge in [0.05, 0.1) is 6.04 Å². The highest BCUT2D eigenvalue weighted by Gasteiger charge is 2.29. The Bertz CT molecular complexity index is 373. The molecule has 1 fully saturated rings.